The number of aromatic nitrogens is 5. The van der Waals surface area contributed by atoms with Crippen molar-refractivity contribution in [3.05, 3.63) is 23.4 Å². The summed E-state index contributed by atoms with van der Waals surface area (Å²) >= 11 is 0. The monoisotopic (exact) mass is 378 g/mol. The van der Waals surface area contributed by atoms with Crippen molar-refractivity contribution in [2.75, 3.05) is 6.54 Å². The van der Waals surface area contributed by atoms with Crippen LogP contribution in [0.5, 0.6) is 0 Å². The van der Waals surface area contributed by atoms with Crippen LogP contribution >= 0.6 is 0 Å². The van der Waals surface area contributed by atoms with Gasteiger partial charge < -0.3 is 0 Å². The van der Waals surface area contributed by atoms with E-state index >= 15 is 0 Å². The molecule has 0 radical (unpaired) electrons. The van der Waals surface area contributed by atoms with Crippen LogP contribution in [0.15, 0.2) is 11.2 Å². The molecule has 0 N–H and O–H groups in total. The fourth-order valence-corrected chi connectivity index (χ4v) is 5.65. The zero-order valence-electron chi connectivity index (χ0n) is 15.8. The summed E-state index contributed by atoms with van der Waals surface area (Å²) in [5.41, 5.74) is 0.668. The molecule has 4 rings (SSSR count). The first-order valence-corrected chi connectivity index (χ1v) is 10.7. The van der Waals surface area contributed by atoms with Crippen molar-refractivity contribution in [1.29, 1.82) is 0 Å². The standard InChI is InChI=1S/C17H26N6O2S/c1-11(2)9-14-16-19-15(13-5-6-13)20-22(16)7-8-23(14)26(24,25)17-12(3)10-18-21(17)4/h10-11,13-14H,5-9H2,1-4H3/t14-/m0/s1. The minimum absolute atomic E-state index is 0.265. The van der Waals surface area contributed by atoms with E-state index in [1.54, 1.807) is 24.5 Å². The first-order valence-electron chi connectivity index (χ1n) is 9.24. The third kappa shape index (κ3) is 2.87. The van der Waals surface area contributed by atoms with E-state index in [1.165, 1.54) is 4.68 Å². The summed E-state index contributed by atoms with van der Waals surface area (Å²) in [4.78, 5) is 4.76. The molecule has 1 saturated carbocycles. The van der Waals surface area contributed by atoms with Crippen LogP contribution in [0, 0.1) is 12.8 Å². The predicted octanol–water partition coefficient (Wildman–Crippen LogP) is 1.99. The molecule has 0 spiro atoms. The summed E-state index contributed by atoms with van der Waals surface area (Å²) in [5, 5.41) is 9.04. The van der Waals surface area contributed by atoms with E-state index in [-0.39, 0.29) is 11.1 Å². The highest BCUT2D eigenvalue weighted by Crippen LogP contribution is 2.41. The molecule has 9 heteroatoms. The van der Waals surface area contributed by atoms with Crippen molar-refractivity contribution in [2.24, 2.45) is 13.0 Å². The number of nitrogens with zero attached hydrogens (tertiary/aromatic N) is 6. The first-order chi connectivity index (χ1) is 12.3. The van der Waals surface area contributed by atoms with Gasteiger partial charge in [0.2, 0.25) is 0 Å². The van der Waals surface area contributed by atoms with Gasteiger partial charge in [-0.1, -0.05) is 13.8 Å². The van der Waals surface area contributed by atoms with Gasteiger partial charge in [0, 0.05) is 25.1 Å². The normalized spacial score (nSPS) is 21.3. The van der Waals surface area contributed by atoms with Gasteiger partial charge >= 0.3 is 0 Å². The lowest BCUT2D eigenvalue weighted by atomic mass is 10.0. The molecule has 8 nitrogen and oxygen atoms in total. The van der Waals surface area contributed by atoms with Crippen molar-refractivity contribution >= 4 is 10.0 Å². The average molecular weight is 379 g/mol. The van der Waals surface area contributed by atoms with Crippen molar-refractivity contribution in [3.8, 4) is 0 Å². The molecule has 1 aliphatic carbocycles. The average Bonchev–Trinajstić information content (AvgIpc) is 3.22. The molecule has 0 saturated heterocycles. The lowest BCUT2D eigenvalue weighted by Crippen LogP contribution is -2.43. The molecular formula is C17H26N6O2S. The van der Waals surface area contributed by atoms with E-state index in [9.17, 15) is 8.42 Å². The van der Waals surface area contributed by atoms with Crippen LogP contribution in [0.1, 0.15) is 62.3 Å². The molecule has 142 valence electrons. The fraction of sp³-hybridized carbons (Fsp3) is 0.706. The lowest BCUT2D eigenvalue weighted by molar-refractivity contribution is 0.220. The van der Waals surface area contributed by atoms with E-state index < -0.39 is 10.0 Å². The highest BCUT2D eigenvalue weighted by Gasteiger charge is 2.41. The Labute approximate surface area is 154 Å². The molecule has 2 aromatic rings. The summed E-state index contributed by atoms with van der Waals surface area (Å²) < 4.78 is 31.9. The molecule has 0 amide bonds. The van der Waals surface area contributed by atoms with E-state index in [1.807, 2.05) is 4.68 Å². The van der Waals surface area contributed by atoms with Crippen LogP contribution in [-0.4, -0.2) is 43.8 Å². The minimum Gasteiger partial charge on any atom is -0.256 e. The summed E-state index contributed by atoms with van der Waals surface area (Å²) in [6.07, 6.45) is 4.59. The molecule has 2 aliphatic rings. The van der Waals surface area contributed by atoms with E-state index in [2.05, 4.69) is 24.0 Å². The second-order valence-electron chi connectivity index (χ2n) is 7.84. The molecular weight excluding hydrogens is 352 g/mol. The number of fused-ring (bicyclic) bond motifs is 1. The quantitative estimate of drug-likeness (QED) is 0.794. The first kappa shape index (κ1) is 17.7. The van der Waals surface area contributed by atoms with Crippen LogP contribution in [0.4, 0.5) is 0 Å². The number of sulfonamides is 1. The predicted molar refractivity (Wildman–Crippen MR) is 96.0 cm³/mol. The SMILES string of the molecule is Cc1cnn(C)c1S(=O)(=O)N1CCn2nc(C3CC3)nc2[C@@H]1CC(C)C. The molecule has 0 unspecified atom stereocenters. The Balaban J connectivity index is 1.77. The van der Waals surface area contributed by atoms with Crippen LogP contribution < -0.4 is 0 Å². The van der Waals surface area contributed by atoms with Gasteiger partial charge in [0.15, 0.2) is 10.9 Å². The Kier molecular flexibility index (Phi) is 4.18. The Hall–Kier alpha value is -1.74. The Morgan fingerprint density at radius 3 is 2.58 bits per heavy atom. The number of hydrogen-bond acceptors (Lipinski definition) is 5. The molecule has 0 aromatic carbocycles. The van der Waals surface area contributed by atoms with Gasteiger partial charge in [-0.05, 0) is 32.1 Å². The van der Waals surface area contributed by atoms with Crippen LogP contribution in [-0.2, 0) is 23.6 Å². The van der Waals surface area contributed by atoms with Crippen molar-refractivity contribution < 1.29 is 8.42 Å². The van der Waals surface area contributed by atoms with Gasteiger partial charge in [0.1, 0.15) is 5.82 Å². The summed E-state index contributed by atoms with van der Waals surface area (Å²) in [6.45, 7) is 6.95. The highest BCUT2D eigenvalue weighted by atomic mass is 32.2. The zero-order chi connectivity index (χ0) is 18.6. The summed E-state index contributed by atoms with van der Waals surface area (Å²) in [6, 6.07) is -0.289. The van der Waals surface area contributed by atoms with Crippen molar-refractivity contribution in [3.63, 3.8) is 0 Å². The Morgan fingerprint density at radius 2 is 2.00 bits per heavy atom. The lowest BCUT2D eigenvalue weighted by Gasteiger charge is -2.35. The maximum atomic E-state index is 13.5. The zero-order valence-corrected chi connectivity index (χ0v) is 16.6. The van der Waals surface area contributed by atoms with E-state index in [4.69, 9.17) is 4.98 Å². The molecule has 26 heavy (non-hydrogen) atoms. The number of aryl methyl sites for hydroxylation is 2. The summed E-state index contributed by atoms with van der Waals surface area (Å²) in [7, 11) is -1.98. The van der Waals surface area contributed by atoms with Crippen LogP contribution in [0.25, 0.3) is 0 Å². The molecule has 1 atom stereocenters. The van der Waals surface area contributed by atoms with Gasteiger partial charge in [-0.2, -0.15) is 14.5 Å². The molecule has 0 bridgehead atoms. The third-order valence-corrected chi connectivity index (χ3v) is 7.27. The van der Waals surface area contributed by atoms with Crippen molar-refractivity contribution in [1.82, 2.24) is 28.9 Å². The second-order valence-corrected chi connectivity index (χ2v) is 9.65. The Morgan fingerprint density at radius 1 is 1.27 bits per heavy atom. The molecule has 1 fully saturated rings. The topological polar surface area (TPSA) is 85.9 Å². The third-order valence-electron chi connectivity index (χ3n) is 5.14. The maximum Gasteiger partial charge on any atom is 0.261 e. The van der Waals surface area contributed by atoms with Crippen molar-refractivity contribution in [2.45, 2.75) is 63.6 Å². The molecule has 1 aliphatic heterocycles. The van der Waals surface area contributed by atoms with Gasteiger partial charge in [0.25, 0.3) is 10.0 Å². The van der Waals surface area contributed by atoms with E-state index in [0.29, 0.717) is 30.5 Å². The minimum atomic E-state index is -3.66. The Bertz CT molecular complexity index is 906. The van der Waals surface area contributed by atoms with Gasteiger partial charge in [-0.15, -0.1) is 0 Å². The van der Waals surface area contributed by atoms with E-state index in [0.717, 1.165) is 30.9 Å². The number of rotatable bonds is 5. The second kappa shape index (κ2) is 6.16. The van der Waals surface area contributed by atoms with Crippen LogP contribution in [0.3, 0.4) is 0 Å². The van der Waals surface area contributed by atoms with Gasteiger partial charge in [-0.3, -0.25) is 4.68 Å². The fourth-order valence-electron chi connectivity index (χ4n) is 3.75. The highest BCUT2D eigenvalue weighted by molar-refractivity contribution is 7.89. The van der Waals surface area contributed by atoms with Crippen LogP contribution in [0.2, 0.25) is 0 Å². The molecule has 2 aromatic heterocycles. The van der Waals surface area contributed by atoms with Gasteiger partial charge in [-0.25, -0.2) is 18.1 Å². The maximum absolute atomic E-state index is 13.5. The number of hydrogen-bond donors (Lipinski definition) is 0. The smallest absolute Gasteiger partial charge is 0.256 e. The largest absolute Gasteiger partial charge is 0.261 e. The molecule has 3 heterocycles. The summed E-state index contributed by atoms with van der Waals surface area (Å²) in [5.74, 6) is 2.47. The van der Waals surface area contributed by atoms with Gasteiger partial charge in [0.05, 0.1) is 18.8 Å².